The molecule has 1 unspecified atom stereocenters. The third-order valence-corrected chi connectivity index (χ3v) is 3.55. The second kappa shape index (κ2) is 7.45. The van der Waals surface area contributed by atoms with Gasteiger partial charge in [-0.2, -0.15) is 0 Å². The number of amides is 2. The summed E-state index contributed by atoms with van der Waals surface area (Å²) >= 11 is 0. The summed E-state index contributed by atoms with van der Waals surface area (Å²) in [6.45, 7) is 2.41. The summed E-state index contributed by atoms with van der Waals surface area (Å²) < 4.78 is 0. The Morgan fingerprint density at radius 1 is 1.32 bits per heavy atom. The van der Waals surface area contributed by atoms with Crippen LogP contribution < -0.4 is 5.73 Å². The molecule has 2 amide bonds. The molecule has 0 bridgehead atoms. The lowest BCUT2D eigenvalue weighted by Gasteiger charge is -2.27. The Morgan fingerprint density at radius 2 is 2.00 bits per heavy atom. The summed E-state index contributed by atoms with van der Waals surface area (Å²) in [5.74, 6) is 0.154. The van der Waals surface area contributed by atoms with E-state index in [2.05, 4.69) is 0 Å². The molecule has 2 N–H and O–H groups in total. The maximum atomic E-state index is 12.1. The van der Waals surface area contributed by atoms with Crippen LogP contribution in [0.25, 0.3) is 0 Å². The number of hydrogen-bond acceptors (Lipinski definition) is 4. The van der Waals surface area contributed by atoms with E-state index in [1.54, 1.807) is 30.9 Å². The predicted molar refractivity (Wildman–Crippen MR) is 74.6 cm³/mol. The Balaban J connectivity index is 2.50. The minimum atomic E-state index is -0.137. The van der Waals surface area contributed by atoms with Gasteiger partial charge in [-0.15, -0.1) is 0 Å². The van der Waals surface area contributed by atoms with Crippen LogP contribution in [0.3, 0.4) is 0 Å². The molecule has 1 saturated heterocycles. The standard InChI is InChI=1S/C13H26N4O2/c1-15(2)13(19)11-6-4-9-17(11)10-12(18)16(3)8-5-7-14/h11H,4-10,14H2,1-3H3. The molecule has 0 aromatic carbocycles. The molecule has 1 heterocycles. The molecule has 6 heteroatoms. The minimum Gasteiger partial charge on any atom is -0.347 e. The number of hydrogen-bond donors (Lipinski definition) is 1. The highest BCUT2D eigenvalue weighted by Gasteiger charge is 2.33. The van der Waals surface area contributed by atoms with Gasteiger partial charge in [0.2, 0.25) is 11.8 Å². The lowest BCUT2D eigenvalue weighted by Crippen LogP contribution is -2.47. The van der Waals surface area contributed by atoms with E-state index < -0.39 is 0 Å². The van der Waals surface area contributed by atoms with Crippen molar-refractivity contribution >= 4 is 11.8 Å². The molecule has 0 spiro atoms. The van der Waals surface area contributed by atoms with Crippen molar-refractivity contribution in [2.24, 2.45) is 5.73 Å². The quantitative estimate of drug-likeness (QED) is 0.696. The highest BCUT2D eigenvalue weighted by molar-refractivity contribution is 5.83. The number of carbonyl (C=O) groups excluding carboxylic acids is 2. The molecule has 110 valence electrons. The van der Waals surface area contributed by atoms with Gasteiger partial charge in [0, 0.05) is 27.7 Å². The fourth-order valence-electron chi connectivity index (χ4n) is 2.34. The van der Waals surface area contributed by atoms with Crippen LogP contribution in [0.4, 0.5) is 0 Å². The van der Waals surface area contributed by atoms with Crippen LogP contribution in [0.15, 0.2) is 0 Å². The Bertz CT molecular complexity index is 320. The SMILES string of the molecule is CN(C)C(=O)C1CCCN1CC(=O)N(C)CCCN. The number of likely N-dealkylation sites (tertiary alicyclic amines) is 1. The zero-order valence-electron chi connectivity index (χ0n) is 12.3. The first-order valence-electron chi connectivity index (χ1n) is 6.86. The van der Waals surface area contributed by atoms with E-state index in [0.29, 0.717) is 19.6 Å². The summed E-state index contributed by atoms with van der Waals surface area (Å²) in [5.41, 5.74) is 5.44. The normalized spacial score (nSPS) is 19.5. The van der Waals surface area contributed by atoms with Crippen molar-refractivity contribution < 1.29 is 9.59 Å². The van der Waals surface area contributed by atoms with Crippen LogP contribution in [-0.2, 0) is 9.59 Å². The molecule has 0 aliphatic carbocycles. The first-order chi connectivity index (χ1) is 8.97. The zero-order valence-corrected chi connectivity index (χ0v) is 12.3. The Hall–Kier alpha value is -1.14. The van der Waals surface area contributed by atoms with Crippen LogP contribution in [0.1, 0.15) is 19.3 Å². The second-order valence-electron chi connectivity index (χ2n) is 5.32. The van der Waals surface area contributed by atoms with Crippen LogP contribution in [0, 0.1) is 0 Å². The fraction of sp³-hybridized carbons (Fsp3) is 0.846. The van der Waals surface area contributed by atoms with E-state index in [1.165, 1.54) is 0 Å². The van der Waals surface area contributed by atoms with Crippen LogP contribution in [-0.4, -0.2) is 79.9 Å². The highest BCUT2D eigenvalue weighted by Crippen LogP contribution is 2.18. The third-order valence-electron chi connectivity index (χ3n) is 3.55. The smallest absolute Gasteiger partial charge is 0.239 e. The largest absolute Gasteiger partial charge is 0.347 e. The van der Waals surface area contributed by atoms with E-state index in [0.717, 1.165) is 25.8 Å². The van der Waals surface area contributed by atoms with Gasteiger partial charge < -0.3 is 15.5 Å². The zero-order chi connectivity index (χ0) is 14.4. The molecule has 1 fully saturated rings. The molecule has 0 aromatic rings. The van der Waals surface area contributed by atoms with Gasteiger partial charge in [0.05, 0.1) is 12.6 Å². The molecule has 6 nitrogen and oxygen atoms in total. The van der Waals surface area contributed by atoms with Gasteiger partial charge in [-0.25, -0.2) is 0 Å². The van der Waals surface area contributed by atoms with Crippen molar-refractivity contribution in [2.45, 2.75) is 25.3 Å². The molecular formula is C13H26N4O2. The minimum absolute atomic E-state index is 0.0620. The van der Waals surface area contributed by atoms with Gasteiger partial charge in [0.15, 0.2) is 0 Å². The van der Waals surface area contributed by atoms with Crippen molar-refractivity contribution in [1.82, 2.24) is 14.7 Å². The lowest BCUT2D eigenvalue weighted by atomic mass is 10.2. The molecule has 19 heavy (non-hydrogen) atoms. The van der Waals surface area contributed by atoms with E-state index in [1.807, 2.05) is 4.90 Å². The molecular weight excluding hydrogens is 244 g/mol. The van der Waals surface area contributed by atoms with Crippen LogP contribution >= 0.6 is 0 Å². The number of nitrogens with two attached hydrogens (primary N) is 1. The van der Waals surface area contributed by atoms with Crippen molar-refractivity contribution in [2.75, 3.05) is 47.3 Å². The predicted octanol–water partition coefficient (Wildman–Crippen LogP) is -0.654. The van der Waals surface area contributed by atoms with E-state index >= 15 is 0 Å². The van der Waals surface area contributed by atoms with E-state index in [4.69, 9.17) is 5.73 Å². The number of likely N-dealkylation sites (N-methyl/N-ethyl adjacent to an activating group) is 2. The van der Waals surface area contributed by atoms with Gasteiger partial charge in [0.25, 0.3) is 0 Å². The van der Waals surface area contributed by atoms with Crippen LogP contribution in [0.2, 0.25) is 0 Å². The summed E-state index contributed by atoms with van der Waals surface area (Å²) in [7, 11) is 5.30. The molecule has 0 radical (unpaired) electrons. The maximum absolute atomic E-state index is 12.1. The molecule has 0 saturated carbocycles. The van der Waals surface area contributed by atoms with Gasteiger partial charge in [-0.05, 0) is 32.4 Å². The lowest BCUT2D eigenvalue weighted by molar-refractivity contribution is -0.136. The molecule has 1 aliphatic heterocycles. The Morgan fingerprint density at radius 3 is 2.58 bits per heavy atom. The van der Waals surface area contributed by atoms with Gasteiger partial charge in [-0.1, -0.05) is 0 Å². The van der Waals surface area contributed by atoms with E-state index in [9.17, 15) is 9.59 Å². The van der Waals surface area contributed by atoms with Gasteiger partial charge in [-0.3, -0.25) is 14.5 Å². The maximum Gasteiger partial charge on any atom is 0.239 e. The average Bonchev–Trinajstić information content (AvgIpc) is 2.82. The summed E-state index contributed by atoms with van der Waals surface area (Å²) in [4.78, 5) is 29.4. The monoisotopic (exact) mass is 270 g/mol. The molecule has 1 atom stereocenters. The fourth-order valence-corrected chi connectivity index (χ4v) is 2.34. The molecule has 0 aromatic heterocycles. The molecule has 1 rings (SSSR count). The van der Waals surface area contributed by atoms with Crippen LogP contribution in [0.5, 0.6) is 0 Å². The summed E-state index contributed by atoms with van der Waals surface area (Å²) in [6.07, 6.45) is 2.63. The van der Waals surface area contributed by atoms with Crippen molar-refractivity contribution in [3.63, 3.8) is 0 Å². The Kier molecular flexibility index (Phi) is 6.24. The van der Waals surface area contributed by atoms with E-state index in [-0.39, 0.29) is 17.9 Å². The number of carbonyl (C=O) groups is 2. The first kappa shape index (κ1) is 15.9. The third kappa shape index (κ3) is 4.47. The van der Waals surface area contributed by atoms with Gasteiger partial charge in [0.1, 0.15) is 0 Å². The number of nitrogens with zero attached hydrogens (tertiary/aromatic N) is 3. The second-order valence-corrected chi connectivity index (χ2v) is 5.32. The molecule has 1 aliphatic rings. The van der Waals surface area contributed by atoms with Crippen molar-refractivity contribution in [3.8, 4) is 0 Å². The summed E-state index contributed by atoms with van der Waals surface area (Å²) in [6, 6.07) is -0.137. The Labute approximate surface area is 115 Å². The topological polar surface area (TPSA) is 69.9 Å². The highest BCUT2D eigenvalue weighted by atomic mass is 16.2. The van der Waals surface area contributed by atoms with Gasteiger partial charge >= 0.3 is 0 Å². The first-order valence-corrected chi connectivity index (χ1v) is 6.86. The van der Waals surface area contributed by atoms with Crippen molar-refractivity contribution in [3.05, 3.63) is 0 Å². The number of rotatable bonds is 6. The summed E-state index contributed by atoms with van der Waals surface area (Å²) in [5, 5.41) is 0. The average molecular weight is 270 g/mol. The van der Waals surface area contributed by atoms with Crippen molar-refractivity contribution in [1.29, 1.82) is 0 Å².